The van der Waals surface area contributed by atoms with Crippen molar-refractivity contribution >= 4 is 52.2 Å². The number of nitro groups is 1. The molecule has 0 radical (unpaired) electrons. The van der Waals surface area contributed by atoms with E-state index in [2.05, 4.69) is 27.9 Å². The number of carbonyl (C=O) groups is 3. The molecule has 1 heterocycles. The number of ether oxygens (including phenoxy) is 2. The SMILES string of the molecule is CCOc1cc(/C=C2\C(=O)NC(=O)N(C3CCCC3)C2=O)cc(I)c1OCc1ccc([N+](=O)[O-])cc1. The van der Waals surface area contributed by atoms with E-state index in [0.29, 0.717) is 27.2 Å². The van der Waals surface area contributed by atoms with Crippen LogP contribution in [0.3, 0.4) is 0 Å². The van der Waals surface area contributed by atoms with E-state index in [1.807, 2.05) is 6.92 Å². The highest BCUT2D eigenvalue weighted by Crippen LogP contribution is 2.36. The van der Waals surface area contributed by atoms with Gasteiger partial charge in [-0.15, -0.1) is 0 Å². The first kappa shape index (κ1) is 25.6. The van der Waals surface area contributed by atoms with Crippen molar-refractivity contribution in [1.29, 1.82) is 0 Å². The first-order valence-electron chi connectivity index (χ1n) is 11.5. The van der Waals surface area contributed by atoms with Gasteiger partial charge in [0.1, 0.15) is 12.2 Å². The van der Waals surface area contributed by atoms with Gasteiger partial charge in [0.25, 0.3) is 17.5 Å². The molecular weight excluding hydrogens is 581 g/mol. The van der Waals surface area contributed by atoms with Crippen LogP contribution in [0.15, 0.2) is 42.0 Å². The van der Waals surface area contributed by atoms with Gasteiger partial charge in [-0.1, -0.05) is 12.8 Å². The molecule has 1 aliphatic heterocycles. The smallest absolute Gasteiger partial charge is 0.331 e. The van der Waals surface area contributed by atoms with Crippen LogP contribution < -0.4 is 14.8 Å². The molecule has 188 valence electrons. The van der Waals surface area contributed by atoms with Gasteiger partial charge in [0, 0.05) is 18.2 Å². The van der Waals surface area contributed by atoms with Crippen LogP contribution in [0.2, 0.25) is 0 Å². The minimum absolute atomic E-state index is 0.00443. The Hall–Kier alpha value is -3.48. The Morgan fingerprint density at radius 3 is 2.47 bits per heavy atom. The molecule has 0 unspecified atom stereocenters. The Balaban J connectivity index is 1.59. The molecule has 11 heteroatoms. The number of imide groups is 2. The van der Waals surface area contributed by atoms with E-state index in [-0.39, 0.29) is 23.9 Å². The van der Waals surface area contributed by atoms with E-state index < -0.39 is 22.8 Å². The van der Waals surface area contributed by atoms with E-state index >= 15 is 0 Å². The Morgan fingerprint density at radius 1 is 1.14 bits per heavy atom. The van der Waals surface area contributed by atoms with Crippen molar-refractivity contribution in [2.24, 2.45) is 0 Å². The number of rotatable bonds is 8. The lowest BCUT2D eigenvalue weighted by Gasteiger charge is -2.31. The number of nitro benzene ring substituents is 1. The zero-order valence-corrected chi connectivity index (χ0v) is 21.6. The van der Waals surface area contributed by atoms with Crippen LogP contribution in [0.4, 0.5) is 10.5 Å². The Bertz CT molecular complexity index is 1240. The summed E-state index contributed by atoms with van der Waals surface area (Å²) in [7, 11) is 0. The van der Waals surface area contributed by atoms with Crippen LogP contribution >= 0.6 is 22.6 Å². The summed E-state index contributed by atoms with van der Waals surface area (Å²) in [5.41, 5.74) is 1.17. The van der Waals surface area contributed by atoms with Crippen molar-refractivity contribution in [2.75, 3.05) is 6.61 Å². The Labute approximate surface area is 220 Å². The minimum Gasteiger partial charge on any atom is -0.490 e. The fraction of sp³-hybridized carbons (Fsp3) is 0.320. The fourth-order valence-corrected chi connectivity index (χ4v) is 5.06. The first-order chi connectivity index (χ1) is 17.3. The third-order valence-electron chi connectivity index (χ3n) is 6.00. The molecule has 0 atom stereocenters. The first-order valence-corrected chi connectivity index (χ1v) is 12.6. The summed E-state index contributed by atoms with van der Waals surface area (Å²) >= 11 is 2.08. The van der Waals surface area contributed by atoms with Crippen molar-refractivity contribution in [2.45, 2.75) is 45.3 Å². The molecule has 1 N–H and O–H groups in total. The normalized spacial score (nSPS) is 17.4. The van der Waals surface area contributed by atoms with E-state index in [9.17, 15) is 24.5 Å². The van der Waals surface area contributed by atoms with Gasteiger partial charge in [-0.05, 0) is 83.8 Å². The van der Waals surface area contributed by atoms with Crippen LogP contribution in [0.5, 0.6) is 11.5 Å². The highest BCUT2D eigenvalue weighted by atomic mass is 127. The predicted octanol–water partition coefficient (Wildman–Crippen LogP) is 4.58. The third-order valence-corrected chi connectivity index (χ3v) is 6.80. The number of non-ortho nitro benzene ring substituents is 1. The van der Waals surface area contributed by atoms with Gasteiger partial charge in [0.05, 0.1) is 15.1 Å². The third kappa shape index (κ3) is 5.50. The number of nitrogens with zero attached hydrogens (tertiary/aromatic N) is 2. The van der Waals surface area contributed by atoms with E-state index in [1.165, 1.54) is 18.2 Å². The zero-order chi connectivity index (χ0) is 25.8. The van der Waals surface area contributed by atoms with Crippen molar-refractivity contribution in [1.82, 2.24) is 10.2 Å². The Morgan fingerprint density at radius 2 is 1.83 bits per heavy atom. The molecule has 10 nitrogen and oxygen atoms in total. The summed E-state index contributed by atoms with van der Waals surface area (Å²) < 4.78 is 12.4. The molecule has 36 heavy (non-hydrogen) atoms. The molecule has 2 aromatic carbocycles. The number of barbiturate groups is 1. The summed E-state index contributed by atoms with van der Waals surface area (Å²) in [6.45, 7) is 2.34. The molecule has 0 spiro atoms. The number of nitrogens with one attached hydrogen (secondary N) is 1. The van der Waals surface area contributed by atoms with Crippen molar-refractivity contribution in [3.8, 4) is 11.5 Å². The van der Waals surface area contributed by atoms with Gasteiger partial charge in [-0.25, -0.2) is 4.79 Å². The molecule has 1 aliphatic carbocycles. The molecule has 2 aromatic rings. The number of halogens is 1. The van der Waals surface area contributed by atoms with E-state index in [4.69, 9.17) is 9.47 Å². The Kier molecular flexibility index (Phi) is 7.87. The second-order valence-corrected chi connectivity index (χ2v) is 9.57. The van der Waals surface area contributed by atoms with Gasteiger partial charge in [0.15, 0.2) is 11.5 Å². The van der Waals surface area contributed by atoms with E-state index in [1.54, 1.807) is 24.3 Å². The topological polar surface area (TPSA) is 128 Å². The number of urea groups is 1. The number of carbonyl (C=O) groups excluding carboxylic acids is 3. The van der Waals surface area contributed by atoms with Gasteiger partial charge >= 0.3 is 6.03 Å². The van der Waals surface area contributed by atoms with E-state index in [0.717, 1.165) is 36.1 Å². The number of hydrogen-bond acceptors (Lipinski definition) is 7. The van der Waals surface area contributed by atoms with Gasteiger partial charge in [0.2, 0.25) is 0 Å². The highest BCUT2D eigenvalue weighted by Gasteiger charge is 2.40. The quantitative estimate of drug-likeness (QED) is 0.153. The van der Waals surface area contributed by atoms with Crippen molar-refractivity contribution in [3.05, 3.63) is 66.8 Å². The number of hydrogen-bond donors (Lipinski definition) is 1. The minimum atomic E-state index is -0.731. The maximum Gasteiger partial charge on any atom is 0.331 e. The monoisotopic (exact) mass is 605 g/mol. The molecule has 0 aromatic heterocycles. The maximum absolute atomic E-state index is 13.1. The van der Waals surface area contributed by atoms with Gasteiger partial charge in [-0.3, -0.25) is 29.9 Å². The standard InChI is InChI=1S/C25H24IN3O7/c1-2-35-21-13-16(11-19-23(30)27-25(32)28(24(19)31)17-5-3-4-6-17)12-20(26)22(21)36-14-15-7-9-18(10-8-15)29(33)34/h7-13,17H,2-6,14H2,1H3,(H,27,30,32)/b19-11+. The predicted molar refractivity (Wildman–Crippen MR) is 138 cm³/mol. The largest absolute Gasteiger partial charge is 0.490 e. The number of benzene rings is 2. The maximum atomic E-state index is 13.1. The summed E-state index contributed by atoms with van der Waals surface area (Å²) in [6, 6.07) is 8.60. The van der Waals surface area contributed by atoms with Crippen LogP contribution in [0, 0.1) is 13.7 Å². The molecule has 1 saturated heterocycles. The zero-order valence-electron chi connectivity index (χ0n) is 19.5. The summed E-state index contributed by atoms with van der Waals surface area (Å²) in [5, 5.41) is 13.1. The molecule has 2 fully saturated rings. The second kappa shape index (κ2) is 11.1. The van der Waals surface area contributed by atoms with Crippen LogP contribution in [-0.2, 0) is 16.2 Å². The lowest BCUT2D eigenvalue weighted by molar-refractivity contribution is -0.384. The van der Waals surface area contributed by atoms with Gasteiger partial charge in [-0.2, -0.15) is 0 Å². The summed E-state index contributed by atoms with van der Waals surface area (Å²) in [4.78, 5) is 49.5. The van der Waals surface area contributed by atoms with Gasteiger partial charge < -0.3 is 9.47 Å². The highest BCUT2D eigenvalue weighted by molar-refractivity contribution is 14.1. The van der Waals surface area contributed by atoms with Crippen LogP contribution in [0.1, 0.15) is 43.7 Å². The average molecular weight is 605 g/mol. The average Bonchev–Trinajstić information content (AvgIpc) is 3.36. The van der Waals surface area contributed by atoms with Crippen LogP contribution in [-0.4, -0.2) is 40.3 Å². The van der Waals surface area contributed by atoms with Crippen LogP contribution in [0.25, 0.3) is 6.08 Å². The molecule has 1 saturated carbocycles. The summed E-state index contributed by atoms with van der Waals surface area (Å²) in [6.07, 6.45) is 4.79. The second-order valence-electron chi connectivity index (χ2n) is 8.41. The molecular formula is C25H24IN3O7. The fourth-order valence-electron chi connectivity index (χ4n) is 4.28. The summed E-state index contributed by atoms with van der Waals surface area (Å²) in [5.74, 6) is -0.432. The van der Waals surface area contributed by atoms with Crippen molar-refractivity contribution < 1.29 is 28.8 Å². The lowest BCUT2D eigenvalue weighted by atomic mass is 10.0. The lowest BCUT2D eigenvalue weighted by Crippen LogP contribution is -2.57. The molecule has 2 aliphatic rings. The van der Waals surface area contributed by atoms with Crippen molar-refractivity contribution in [3.63, 3.8) is 0 Å². The number of amides is 4. The molecule has 0 bridgehead atoms. The molecule has 4 amide bonds. The molecule has 4 rings (SSSR count).